The number of rotatable bonds is 6. The molecule has 0 amide bonds. The number of methoxy groups -OCH3 is 1. The van der Waals surface area contributed by atoms with Gasteiger partial charge in [0.2, 0.25) is 5.13 Å². The van der Waals surface area contributed by atoms with Gasteiger partial charge < -0.3 is 10.1 Å². The van der Waals surface area contributed by atoms with E-state index in [4.69, 9.17) is 16.3 Å². The smallest absolute Gasteiger partial charge is 0.323 e. The van der Waals surface area contributed by atoms with Crippen molar-refractivity contribution in [1.82, 2.24) is 10.2 Å². The Bertz CT molecular complexity index is 858. The second kappa shape index (κ2) is 8.33. The van der Waals surface area contributed by atoms with Crippen LogP contribution in [0.25, 0.3) is 0 Å². The number of aromatic nitrogens is 2. The van der Waals surface area contributed by atoms with Crippen LogP contribution in [0.2, 0.25) is 5.02 Å². The Balaban J connectivity index is 1.75. The average molecular weight is 392 g/mol. The van der Waals surface area contributed by atoms with E-state index in [1.54, 1.807) is 12.1 Å². The summed E-state index contributed by atoms with van der Waals surface area (Å²) in [5.74, 6) is -0.323. The molecule has 0 saturated heterocycles. The summed E-state index contributed by atoms with van der Waals surface area (Å²) in [6, 6.07) is 16.8. The first-order valence-electron chi connectivity index (χ1n) is 7.31. The minimum atomic E-state index is -0.488. The fraction of sp³-hybridized carbons (Fsp3) is 0.118. The van der Waals surface area contributed by atoms with Crippen LogP contribution in [0.4, 0.5) is 10.8 Å². The summed E-state index contributed by atoms with van der Waals surface area (Å²) < 4.78 is 5.59. The molecular formula is C17H14ClN3O2S2. The standard InChI is InChI=1S/C17H14ClN3O2S2/c1-23-15(22)14(11-6-3-2-4-7-11)24-17-21-20-16(25-17)19-13-9-5-8-12(18)10-13/h2-10,14H,1H3,(H,19,20)/t14-/m0/s1. The van der Waals surface area contributed by atoms with Crippen LogP contribution >= 0.6 is 34.7 Å². The number of carbonyl (C=O) groups is 1. The molecule has 0 aliphatic heterocycles. The molecule has 0 spiro atoms. The van der Waals surface area contributed by atoms with Gasteiger partial charge in [-0.2, -0.15) is 0 Å². The maximum absolute atomic E-state index is 12.1. The molecule has 1 atom stereocenters. The van der Waals surface area contributed by atoms with Crippen LogP contribution in [0, 0.1) is 0 Å². The fourth-order valence-electron chi connectivity index (χ4n) is 2.09. The number of hydrogen-bond donors (Lipinski definition) is 1. The lowest BCUT2D eigenvalue weighted by Gasteiger charge is -2.12. The largest absolute Gasteiger partial charge is 0.468 e. The highest BCUT2D eigenvalue weighted by molar-refractivity contribution is 8.01. The van der Waals surface area contributed by atoms with Crippen molar-refractivity contribution >= 4 is 51.5 Å². The van der Waals surface area contributed by atoms with Crippen LogP contribution in [0.15, 0.2) is 58.9 Å². The van der Waals surface area contributed by atoms with Crippen molar-refractivity contribution in [2.45, 2.75) is 9.59 Å². The first kappa shape index (κ1) is 17.7. The van der Waals surface area contributed by atoms with Crippen molar-refractivity contribution in [2.75, 3.05) is 12.4 Å². The van der Waals surface area contributed by atoms with Gasteiger partial charge in [0.25, 0.3) is 0 Å². The van der Waals surface area contributed by atoms with E-state index >= 15 is 0 Å². The van der Waals surface area contributed by atoms with E-state index in [0.717, 1.165) is 11.3 Å². The number of nitrogens with zero attached hydrogens (tertiary/aromatic N) is 2. The number of nitrogens with one attached hydrogen (secondary N) is 1. The van der Waals surface area contributed by atoms with Crippen molar-refractivity contribution < 1.29 is 9.53 Å². The number of ether oxygens (including phenoxy) is 1. The lowest BCUT2D eigenvalue weighted by Crippen LogP contribution is -2.10. The maximum Gasteiger partial charge on any atom is 0.323 e. The first-order chi connectivity index (χ1) is 12.2. The van der Waals surface area contributed by atoms with E-state index in [0.29, 0.717) is 14.5 Å². The highest BCUT2D eigenvalue weighted by atomic mass is 35.5. The predicted octanol–water partition coefficient (Wildman–Crippen LogP) is 4.94. The van der Waals surface area contributed by atoms with Crippen molar-refractivity contribution in [2.24, 2.45) is 0 Å². The molecule has 0 fully saturated rings. The maximum atomic E-state index is 12.1. The van der Waals surface area contributed by atoms with Crippen molar-refractivity contribution in [3.8, 4) is 0 Å². The van der Waals surface area contributed by atoms with Crippen molar-refractivity contribution in [1.29, 1.82) is 0 Å². The monoisotopic (exact) mass is 391 g/mol. The van der Waals surface area contributed by atoms with E-state index in [1.807, 2.05) is 42.5 Å². The van der Waals surface area contributed by atoms with Gasteiger partial charge in [0.1, 0.15) is 5.25 Å². The molecule has 1 heterocycles. The fourth-order valence-corrected chi connectivity index (χ4v) is 4.27. The quantitative estimate of drug-likeness (QED) is 0.474. The SMILES string of the molecule is COC(=O)[C@@H](Sc1nnc(Nc2cccc(Cl)c2)s1)c1ccccc1. The van der Waals surface area contributed by atoms with E-state index < -0.39 is 5.25 Å². The Labute approximate surface area is 158 Å². The number of anilines is 2. The molecule has 0 aliphatic rings. The zero-order valence-electron chi connectivity index (χ0n) is 13.2. The summed E-state index contributed by atoms with van der Waals surface area (Å²) >= 11 is 8.65. The number of benzene rings is 2. The number of halogens is 1. The van der Waals surface area contributed by atoms with Gasteiger partial charge in [-0.1, -0.05) is 71.1 Å². The van der Waals surface area contributed by atoms with Gasteiger partial charge in [-0.25, -0.2) is 0 Å². The second-order valence-corrected chi connectivity index (χ2v) is 7.71. The number of hydrogen-bond acceptors (Lipinski definition) is 7. The summed E-state index contributed by atoms with van der Waals surface area (Å²) in [6.45, 7) is 0. The Morgan fingerprint density at radius 1 is 1.20 bits per heavy atom. The van der Waals surface area contributed by atoms with Crippen molar-refractivity contribution in [3.63, 3.8) is 0 Å². The summed E-state index contributed by atoms with van der Waals surface area (Å²) in [4.78, 5) is 12.1. The molecule has 0 aliphatic carbocycles. The van der Waals surface area contributed by atoms with Gasteiger partial charge in [0.05, 0.1) is 7.11 Å². The molecule has 8 heteroatoms. The Kier molecular flexibility index (Phi) is 5.91. The topological polar surface area (TPSA) is 64.1 Å². The normalized spacial score (nSPS) is 11.8. The van der Waals surface area contributed by atoms with Gasteiger partial charge >= 0.3 is 5.97 Å². The van der Waals surface area contributed by atoms with Crippen LogP contribution in [0.3, 0.4) is 0 Å². The zero-order chi connectivity index (χ0) is 17.6. The molecule has 5 nitrogen and oxygen atoms in total. The summed E-state index contributed by atoms with van der Waals surface area (Å²) in [5.41, 5.74) is 1.69. The van der Waals surface area contributed by atoms with Crippen LogP contribution in [0.5, 0.6) is 0 Å². The Morgan fingerprint density at radius 3 is 2.72 bits per heavy atom. The van der Waals surface area contributed by atoms with Gasteiger partial charge in [0.15, 0.2) is 4.34 Å². The average Bonchev–Trinajstić information content (AvgIpc) is 3.07. The summed E-state index contributed by atoms with van der Waals surface area (Å²) in [6.07, 6.45) is 0. The van der Waals surface area contributed by atoms with E-state index in [-0.39, 0.29) is 5.97 Å². The molecule has 0 saturated carbocycles. The van der Waals surface area contributed by atoms with E-state index in [2.05, 4.69) is 15.5 Å². The second-order valence-electron chi connectivity index (χ2n) is 4.94. The predicted molar refractivity (Wildman–Crippen MR) is 102 cm³/mol. The summed E-state index contributed by atoms with van der Waals surface area (Å²) in [7, 11) is 1.38. The highest BCUT2D eigenvalue weighted by Gasteiger charge is 2.24. The number of thioether (sulfide) groups is 1. The molecule has 0 radical (unpaired) electrons. The van der Waals surface area contributed by atoms with Crippen molar-refractivity contribution in [3.05, 3.63) is 65.2 Å². The van der Waals surface area contributed by atoms with Gasteiger partial charge in [0, 0.05) is 10.7 Å². The Hall–Kier alpha value is -2.09. The lowest BCUT2D eigenvalue weighted by molar-refractivity contribution is -0.140. The molecule has 3 aromatic rings. The van der Waals surface area contributed by atoms with Gasteiger partial charge in [-0.05, 0) is 23.8 Å². The molecule has 128 valence electrons. The Morgan fingerprint density at radius 2 is 2.00 bits per heavy atom. The minimum Gasteiger partial charge on any atom is -0.468 e. The third-order valence-electron chi connectivity index (χ3n) is 3.22. The van der Waals surface area contributed by atoms with Crippen LogP contribution in [-0.2, 0) is 9.53 Å². The molecule has 2 aromatic carbocycles. The molecular weight excluding hydrogens is 378 g/mol. The third kappa shape index (κ3) is 4.72. The minimum absolute atomic E-state index is 0.323. The van der Waals surface area contributed by atoms with Crippen LogP contribution in [0.1, 0.15) is 10.8 Å². The van der Waals surface area contributed by atoms with E-state index in [9.17, 15) is 4.79 Å². The van der Waals surface area contributed by atoms with Crippen LogP contribution in [-0.4, -0.2) is 23.3 Å². The number of carbonyl (C=O) groups excluding carboxylic acids is 1. The number of esters is 1. The van der Waals surface area contributed by atoms with Crippen LogP contribution < -0.4 is 5.32 Å². The molecule has 3 rings (SSSR count). The van der Waals surface area contributed by atoms with Gasteiger partial charge in [-0.3, -0.25) is 4.79 Å². The third-order valence-corrected chi connectivity index (χ3v) is 5.61. The first-order valence-corrected chi connectivity index (χ1v) is 9.38. The molecule has 0 unspecified atom stereocenters. The molecule has 1 N–H and O–H groups in total. The molecule has 25 heavy (non-hydrogen) atoms. The lowest BCUT2D eigenvalue weighted by atomic mass is 10.1. The van der Waals surface area contributed by atoms with Gasteiger partial charge in [-0.15, -0.1) is 10.2 Å². The molecule has 0 bridgehead atoms. The highest BCUT2D eigenvalue weighted by Crippen LogP contribution is 2.39. The molecule has 1 aromatic heterocycles. The zero-order valence-corrected chi connectivity index (χ0v) is 15.6. The van der Waals surface area contributed by atoms with E-state index in [1.165, 1.54) is 30.2 Å². The summed E-state index contributed by atoms with van der Waals surface area (Å²) in [5, 5.41) is 12.2.